The van der Waals surface area contributed by atoms with Crippen molar-refractivity contribution >= 4 is 62.8 Å². The van der Waals surface area contributed by atoms with Crippen molar-refractivity contribution in [3.8, 4) is 0 Å². The highest BCUT2D eigenvalue weighted by atomic mass is 32.2. The fourth-order valence-corrected chi connectivity index (χ4v) is 6.56. The van der Waals surface area contributed by atoms with Gasteiger partial charge in [-0.3, -0.25) is 19.4 Å². The molecule has 2 N–H and O–H groups in total. The van der Waals surface area contributed by atoms with E-state index in [1.54, 1.807) is 18.4 Å². The summed E-state index contributed by atoms with van der Waals surface area (Å²) in [6.45, 7) is 7.74. The van der Waals surface area contributed by atoms with Crippen molar-refractivity contribution in [2.45, 2.75) is 96.9 Å². The number of hydrogen-bond donors (Lipinski definition) is 2. The number of thiazole rings is 1. The number of thioether (sulfide) groups is 2. The number of nitrogens with zero attached hydrogens (tertiary/aromatic N) is 2. The molecule has 2 amide bonds. The van der Waals surface area contributed by atoms with Crippen LogP contribution in [0, 0.1) is 5.92 Å². The molecule has 214 valence electrons. The van der Waals surface area contributed by atoms with Crippen LogP contribution in [0.15, 0.2) is 21.9 Å². The molecule has 0 saturated carbocycles. The van der Waals surface area contributed by atoms with E-state index in [1.807, 2.05) is 19.2 Å². The average molecular weight is 595 g/mol. The lowest BCUT2D eigenvalue weighted by Crippen LogP contribution is -2.53. The van der Waals surface area contributed by atoms with Gasteiger partial charge in [0.2, 0.25) is 11.8 Å². The maximum absolute atomic E-state index is 13.3. The summed E-state index contributed by atoms with van der Waals surface area (Å²) in [6, 6.07) is -0.922. The molecule has 1 aromatic rings. The van der Waals surface area contributed by atoms with Gasteiger partial charge in [-0.25, -0.2) is 9.78 Å². The zero-order valence-electron chi connectivity index (χ0n) is 23.0. The molecule has 0 aromatic carbocycles. The van der Waals surface area contributed by atoms with E-state index < -0.39 is 23.7 Å². The third-order valence-electron chi connectivity index (χ3n) is 6.37. The molecule has 1 aromatic heterocycles. The normalized spacial score (nSPS) is 24.4. The van der Waals surface area contributed by atoms with E-state index in [-0.39, 0.29) is 35.8 Å². The monoisotopic (exact) mass is 594 g/mol. The van der Waals surface area contributed by atoms with E-state index in [0.717, 1.165) is 37.4 Å². The van der Waals surface area contributed by atoms with Crippen molar-refractivity contribution < 1.29 is 23.9 Å². The highest BCUT2D eigenvalue weighted by molar-refractivity contribution is 8.16. The number of carbonyl (C=O) groups is 4. The van der Waals surface area contributed by atoms with Crippen LogP contribution in [0.25, 0.3) is 0 Å². The van der Waals surface area contributed by atoms with E-state index >= 15 is 0 Å². The third-order valence-corrected chi connectivity index (χ3v) is 9.26. The van der Waals surface area contributed by atoms with Gasteiger partial charge in [0, 0.05) is 17.6 Å². The number of carbonyl (C=O) groups excluding carboxylic acids is 4. The molecule has 0 fully saturated rings. The van der Waals surface area contributed by atoms with E-state index in [9.17, 15) is 19.2 Å². The molecule has 2 aliphatic rings. The van der Waals surface area contributed by atoms with Crippen molar-refractivity contribution in [2.24, 2.45) is 10.9 Å². The van der Waals surface area contributed by atoms with Crippen LogP contribution < -0.4 is 10.6 Å². The smallest absolute Gasteiger partial charge is 0.329 e. The van der Waals surface area contributed by atoms with Crippen LogP contribution in [0.4, 0.5) is 0 Å². The summed E-state index contributed by atoms with van der Waals surface area (Å²) in [5, 5.41) is 10.5. The molecule has 0 spiro atoms. The highest BCUT2D eigenvalue weighted by Crippen LogP contribution is 2.32. The first-order valence-corrected chi connectivity index (χ1v) is 16.2. The molecule has 39 heavy (non-hydrogen) atoms. The van der Waals surface area contributed by atoms with Crippen LogP contribution in [0.5, 0.6) is 0 Å². The molecule has 0 aliphatic carbocycles. The highest BCUT2D eigenvalue weighted by Gasteiger charge is 2.41. The quantitative estimate of drug-likeness (QED) is 0.314. The molecular weight excluding hydrogens is 557 g/mol. The van der Waals surface area contributed by atoms with E-state index in [1.165, 1.54) is 29.5 Å². The lowest BCUT2D eigenvalue weighted by molar-refractivity contribution is -0.153. The Kier molecular flexibility index (Phi) is 12.1. The third kappa shape index (κ3) is 9.46. The number of hydrogen-bond acceptors (Lipinski definition) is 10. The predicted molar refractivity (Wildman–Crippen MR) is 158 cm³/mol. The summed E-state index contributed by atoms with van der Waals surface area (Å²) in [5.74, 6) is -1.16. The summed E-state index contributed by atoms with van der Waals surface area (Å²) >= 11 is 3.88. The Morgan fingerprint density at radius 3 is 2.77 bits per heavy atom. The van der Waals surface area contributed by atoms with Gasteiger partial charge >= 0.3 is 5.97 Å². The first-order chi connectivity index (χ1) is 18.6. The van der Waals surface area contributed by atoms with Gasteiger partial charge < -0.3 is 15.4 Å². The van der Waals surface area contributed by atoms with Crippen molar-refractivity contribution in [3.05, 3.63) is 27.6 Å². The van der Waals surface area contributed by atoms with Crippen LogP contribution in [-0.2, 0) is 30.5 Å². The van der Waals surface area contributed by atoms with Gasteiger partial charge in [0.1, 0.15) is 33.4 Å². The van der Waals surface area contributed by atoms with Crippen LogP contribution in [-0.4, -0.2) is 56.4 Å². The fraction of sp³-hybridized carbons (Fsp3) is 0.630. The standard InChI is InChI=1S/C27H38N4O5S3/c1-5-6-7-8-9-10-22(33)37-12-11-18-13-20(32)28-14-21-29-19(15-38-21)24-31-27(4,16-39-24)26(35)30-23(17(2)3)25(34)36-18/h11-12,15,17-18,23H,5-10,13-14,16H2,1-4H3,(H,28,32)(H,30,35)/b12-11+/t18-,23?,27+/m1/s1. The summed E-state index contributed by atoms with van der Waals surface area (Å²) < 4.78 is 5.71. The first-order valence-electron chi connectivity index (χ1n) is 13.4. The van der Waals surface area contributed by atoms with Crippen molar-refractivity contribution in [1.82, 2.24) is 15.6 Å². The number of fused-ring (bicyclic) bond motifs is 4. The second-order valence-corrected chi connectivity index (χ2v) is 13.1. The summed E-state index contributed by atoms with van der Waals surface area (Å²) in [6.07, 6.45) is 6.33. The zero-order chi connectivity index (χ0) is 28.4. The van der Waals surface area contributed by atoms with E-state index in [2.05, 4.69) is 27.5 Å². The summed E-state index contributed by atoms with van der Waals surface area (Å²) in [4.78, 5) is 60.7. The molecular formula is C27H38N4O5S3. The zero-order valence-corrected chi connectivity index (χ0v) is 25.4. The van der Waals surface area contributed by atoms with Gasteiger partial charge in [-0.05, 0) is 30.7 Å². The molecule has 0 radical (unpaired) electrons. The second kappa shape index (κ2) is 15.0. The van der Waals surface area contributed by atoms with Gasteiger partial charge in [-0.1, -0.05) is 58.2 Å². The van der Waals surface area contributed by atoms with Crippen molar-refractivity contribution in [1.29, 1.82) is 0 Å². The molecule has 4 bridgehead atoms. The number of aromatic nitrogens is 1. The topological polar surface area (TPSA) is 127 Å². The second-order valence-electron chi connectivity index (χ2n) is 10.2. The number of amides is 2. The molecule has 12 heteroatoms. The van der Waals surface area contributed by atoms with Crippen molar-refractivity contribution in [3.63, 3.8) is 0 Å². The van der Waals surface area contributed by atoms with Gasteiger partial charge in [0.15, 0.2) is 5.12 Å². The Bertz CT molecular complexity index is 1100. The van der Waals surface area contributed by atoms with Crippen LogP contribution in [0.2, 0.25) is 0 Å². The largest absolute Gasteiger partial charge is 0.456 e. The van der Waals surface area contributed by atoms with Crippen molar-refractivity contribution in [2.75, 3.05) is 5.75 Å². The van der Waals surface area contributed by atoms with Crippen LogP contribution in [0.3, 0.4) is 0 Å². The summed E-state index contributed by atoms with van der Waals surface area (Å²) in [5.41, 5.74) is -0.374. The van der Waals surface area contributed by atoms with Gasteiger partial charge in [-0.15, -0.1) is 23.1 Å². The Morgan fingerprint density at radius 2 is 2.03 bits per heavy atom. The molecule has 3 rings (SSSR count). The van der Waals surface area contributed by atoms with E-state index in [0.29, 0.717) is 27.9 Å². The number of ether oxygens (including phenoxy) is 1. The van der Waals surface area contributed by atoms with Crippen LogP contribution >= 0.6 is 34.9 Å². The lowest BCUT2D eigenvalue weighted by atomic mass is 10.0. The minimum Gasteiger partial charge on any atom is -0.456 e. The lowest BCUT2D eigenvalue weighted by Gasteiger charge is -2.27. The number of unbranched alkanes of at least 4 members (excludes halogenated alkanes) is 4. The van der Waals surface area contributed by atoms with Gasteiger partial charge in [0.05, 0.1) is 13.0 Å². The summed E-state index contributed by atoms with van der Waals surface area (Å²) in [7, 11) is 0. The SMILES string of the molecule is CCCCCCCC(=O)S/C=C/[C@@H]1CC(=O)NCc2nc(cs2)C2=N[C@@](C)(CS2)C(=O)NC(C(C)C)C(=O)O1. The maximum atomic E-state index is 13.3. The first kappa shape index (κ1) is 31.3. The minimum atomic E-state index is -1.05. The number of aliphatic imine (C=N–C) groups is 1. The minimum absolute atomic E-state index is 0.0289. The molecule has 1 unspecified atom stereocenters. The molecule has 3 heterocycles. The number of esters is 1. The maximum Gasteiger partial charge on any atom is 0.329 e. The number of nitrogens with one attached hydrogen (secondary N) is 2. The molecule has 3 atom stereocenters. The fourth-order valence-electron chi connectivity index (χ4n) is 3.97. The number of rotatable bonds is 9. The van der Waals surface area contributed by atoms with Gasteiger partial charge in [0.25, 0.3) is 0 Å². The average Bonchev–Trinajstić information content (AvgIpc) is 3.52. The number of cyclic esters (lactones) is 1. The Morgan fingerprint density at radius 1 is 1.26 bits per heavy atom. The molecule has 0 saturated heterocycles. The van der Waals surface area contributed by atoms with Crippen LogP contribution in [0.1, 0.15) is 83.3 Å². The Hall–Kier alpha value is -2.18. The predicted octanol–water partition coefficient (Wildman–Crippen LogP) is 4.60. The van der Waals surface area contributed by atoms with E-state index in [4.69, 9.17) is 4.74 Å². The Labute approximate surface area is 242 Å². The Balaban J connectivity index is 1.74. The molecule has 2 aliphatic heterocycles. The van der Waals surface area contributed by atoms with Gasteiger partial charge in [-0.2, -0.15) is 0 Å². The molecule has 9 nitrogen and oxygen atoms in total.